The van der Waals surface area contributed by atoms with Gasteiger partial charge >= 0.3 is 0 Å². The van der Waals surface area contributed by atoms with E-state index in [1.807, 2.05) is 95.0 Å². The van der Waals surface area contributed by atoms with E-state index in [9.17, 15) is 15.3 Å². The summed E-state index contributed by atoms with van der Waals surface area (Å²) in [5, 5.41) is 32.0. The smallest absolute Gasteiger partial charge is 0.172 e. The third-order valence-corrected chi connectivity index (χ3v) is 6.50. The molecule has 0 aliphatic rings. The van der Waals surface area contributed by atoms with Gasteiger partial charge < -0.3 is 25.0 Å². The first kappa shape index (κ1) is 24.0. The fourth-order valence-electron chi connectivity index (χ4n) is 4.43. The SMILES string of the molecule is Cc1ccc(C)c(Oc2ccccc2N(c2c(C)ccc(O)c2C)c2c(C)ccc(O)c2C)c1O. The fraction of sp³-hybridized carbons (Fsp3) is 0.200. The summed E-state index contributed by atoms with van der Waals surface area (Å²) in [7, 11) is 0. The largest absolute Gasteiger partial charge is 0.508 e. The number of hydrogen-bond donors (Lipinski definition) is 3. The molecular weight excluding hydrogens is 438 g/mol. The fourth-order valence-corrected chi connectivity index (χ4v) is 4.43. The van der Waals surface area contributed by atoms with Crippen LogP contribution in [-0.4, -0.2) is 15.3 Å². The molecule has 0 aromatic heterocycles. The van der Waals surface area contributed by atoms with Crippen molar-refractivity contribution < 1.29 is 20.1 Å². The van der Waals surface area contributed by atoms with E-state index in [1.165, 1.54) is 0 Å². The zero-order chi connectivity index (χ0) is 25.4. The molecule has 0 aliphatic heterocycles. The first-order chi connectivity index (χ1) is 16.6. The molecule has 0 unspecified atom stereocenters. The monoisotopic (exact) mass is 469 g/mol. The molecule has 0 saturated heterocycles. The topological polar surface area (TPSA) is 73.2 Å². The summed E-state index contributed by atoms with van der Waals surface area (Å²) >= 11 is 0. The van der Waals surface area contributed by atoms with Crippen LogP contribution in [0.15, 0.2) is 60.7 Å². The van der Waals surface area contributed by atoms with E-state index in [0.29, 0.717) is 28.3 Å². The summed E-state index contributed by atoms with van der Waals surface area (Å²) in [4.78, 5) is 2.02. The van der Waals surface area contributed by atoms with E-state index in [0.717, 1.165) is 33.6 Å². The van der Waals surface area contributed by atoms with Crippen molar-refractivity contribution in [3.8, 4) is 28.7 Å². The Morgan fingerprint density at radius 1 is 0.571 bits per heavy atom. The number of phenolic OH excluding ortho intramolecular Hbond substituents is 3. The third kappa shape index (κ3) is 4.26. The van der Waals surface area contributed by atoms with Crippen molar-refractivity contribution in [1.82, 2.24) is 0 Å². The maximum atomic E-state index is 10.7. The quantitative estimate of drug-likeness (QED) is 0.277. The number of hydrogen-bond acceptors (Lipinski definition) is 5. The average Bonchev–Trinajstić information content (AvgIpc) is 2.83. The van der Waals surface area contributed by atoms with Crippen LogP contribution in [0.4, 0.5) is 17.1 Å². The van der Waals surface area contributed by atoms with Gasteiger partial charge in [0, 0.05) is 11.1 Å². The van der Waals surface area contributed by atoms with Gasteiger partial charge in [-0.05, 0) is 88.1 Å². The van der Waals surface area contributed by atoms with Gasteiger partial charge in [0.1, 0.15) is 11.5 Å². The molecule has 0 atom stereocenters. The van der Waals surface area contributed by atoms with Crippen molar-refractivity contribution in [2.24, 2.45) is 0 Å². The van der Waals surface area contributed by atoms with Crippen molar-refractivity contribution in [3.05, 3.63) is 94.0 Å². The van der Waals surface area contributed by atoms with E-state index < -0.39 is 0 Å². The maximum Gasteiger partial charge on any atom is 0.172 e. The van der Waals surface area contributed by atoms with Crippen molar-refractivity contribution in [2.75, 3.05) is 4.90 Å². The Kier molecular flexibility index (Phi) is 6.35. The lowest BCUT2D eigenvalue weighted by atomic mass is 10.0. The number of rotatable bonds is 5. The Labute approximate surface area is 206 Å². The average molecular weight is 470 g/mol. The summed E-state index contributed by atoms with van der Waals surface area (Å²) in [6.45, 7) is 11.4. The highest BCUT2D eigenvalue weighted by atomic mass is 16.5. The normalized spacial score (nSPS) is 10.9. The molecule has 0 bridgehead atoms. The molecule has 180 valence electrons. The molecule has 4 rings (SSSR count). The number of aromatic hydroxyl groups is 3. The molecule has 0 saturated carbocycles. The van der Waals surface area contributed by atoms with E-state index in [4.69, 9.17) is 4.74 Å². The van der Waals surface area contributed by atoms with E-state index >= 15 is 0 Å². The van der Waals surface area contributed by atoms with Gasteiger partial charge in [-0.1, -0.05) is 36.4 Å². The number of ether oxygens (including phenoxy) is 1. The maximum absolute atomic E-state index is 10.7. The highest BCUT2D eigenvalue weighted by Gasteiger charge is 2.26. The highest BCUT2D eigenvalue weighted by molar-refractivity contribution is 5.87. The first-order valence-electron chi connectivity index (χ1n) is 11.6. The minimum atomic E-state index is 0.0980. The van der Waals surface area contributed by atoms with Gasteiger partial charge in [0.05, 0.1) is 17.1 Å². The van der Waals surface area contributed by atoms with Gasteiger partial charge in [-0.15, -0.1) is 0 Å². The van der Waals surface area contributed by atoms with Crippen LogP contribution >= 0.6 is 0 Å². The molecule has 0 fully saturated rings. The van der Waals surface area contributed by atoms with E-state index in [1.54, 1.807) is 12.1 Å². The summed E-state index contributed by atoms with van der Waals surface area (Å²) in [5.74, 6) is 1.38. The van der Waals surface area contributed by atoms with Gasteiger partial charge in [-0.25, -0.2) is 0 Å². The second-order valence-corrected chi connectivity index (χ2v) is 9.03. The number of para-hydroxylation sites is 2. The predicted octanol–water partition coefficient (Wildman–Crippen LogP) is 7.92. The van der Waals surface area contributed by atoms with Crippen LogP contribution < -0.4 is 9.64 Å². The van der Waals surface area contributed by atoms with Gasteiger partial charge in [0.25, 0.3) is 0 Å². The lowest BCUT2D eigenvalue weighted by molar-refractivity contribution is 0.407. The lowest BCUT2D eigenvalue weighted by Crippen LogP contribution is -2.16. The van der Waals surface area contributed by atoms with Crippen molar-refractivity contribution in [1.29, 1.82) is 0 Å². The number of anilines is 3. The molecule has 3 N–H and O–H groups in total. The summed E-state index contributed by atoms with van der Waals surface area (Å²) in [5.41, 5.74) is 7.14. The Morgan fingerprint density at radius 2 is 1.06 bits per heavy atom. The minimum Gasteiger partial charge on any atom is -0.508 e. The molecule has 0 aliphatic carbocycles. The molecule has 4 aromatic rings. The summed E-state index contributed by atoms with van der Waals surface area (Å²) < 4.78 is 6.38. The molecule has 5 nitrogen and oxygen atoms in total. The van der Waals surface area contributed by atoms with Crippen LogP contribution in [0.5, 0.6) is 28.7 Å². The molecule has 35 heavy (non-hydrogen) atoms. The summed E-state index contributed by atoms with van der Waals surface area (Å²) in [6.07, 6.45) is 0. The molecule has 0 heterocycles. The van der Waals surface area contributed by atoms with Crippen LogP contribution in [0, 0.1) is 41.5 Å². The number of nitrogens with zero attached hydrogens (tertiary/aromatic N) is 1. The Morgan fingerprint density at radius 3 is 1.63 bits per heavy atom. The van der Waals surface area contributed by atoms with Crippen molar-refractivity contribution >= 4 is 17.1 Å². The second-order valence-electron chi connectivity index (χ2n) is 9.03. The molecular formula is C30H31NO4. The number of benzene rings is 4. The minimum absolute atomic E-state index is 0.0980. The zero-order valence-electron chi connectivity index (χ0n) is 21.0. The van der Waals surface area contributed by atoms with Gasteiger partial charge in [-0.2, -0.15) is 0 Å². The van der Waals surface area contributed by atoms with E-state index in [-0.39, 0.29) is 17.2 Å². The first-order valence-corrected chi connectivity index (χ1v) is 11.6. The Balaban J connectivity index is 2.04. The standard InChI is InChI=1S/C30H31NO4/c1-17-13-15-24(32)21(5)27(17)31(28-18(2)14-16-25(33)22(28)6)23-9-7-8-10-26(23)35-30-20(4)12-11-19(3)29(30)34/h7-16,32-34H,1-6H3. The number of aryl methyl sites for hydroxylation is 4. The third-order valence-electron chi connectivity index (χ3n) is 6.50. The van der Waals surface area contributed by atoms with Crippen LogP contribution in [-0.2, 0) is 0 Å². The number of phenols is 3. The van der Waals surface area contributed by atoms with Crippen LogP contribution in [0.2, 0.25) is 0 Å². The van der Waals surface area contributed by atoms with Crippen LogP contribution in [0.1, 0.15) is 33.4 Å². The van der Waals surface area contributed by atoms with Gasteiger partial charge in [0.2, 0.25) is 0 Å². The molecule has 4 aromatic carbocycles. The Bertz CT molecular complexity index is 1370. The Hall–Kier alpha value is -4.12. The second kappa shape index (κ2) is 9.26. The zero-order valence-corrected chi connectivity index (χ0v) is 21.0. The van der Waals surface area contributed by atoms with Crippen LogP contribution in [0.25, 0.3) is 0 Å². The van der Waals surface area contributed by atoms with Crippen molar-refractivity contribution in [3.63, 3.8) is 0 Å². The molecule has 0 radical (unpaired) electrons. The molecule has 0 spiro atoms. The van der Waals surface area contributed by atoms with Gasteiger partial charge in [0.15, 0.2) is 17.2 Å². The lowest BCUT2D eigenvalue weighted by Gasteiger charge is -2.33. The predicted molar refractivity (Wildman–Crippen MR) is 141 cm³/mol. The van der Waals surface area contributed by atoms with E-state index in [2.05, 4.69) is 0 Å². The van der Waals surface area contributed by atoms with Crippen molar-refractivity contribution in [2.45, 2.75) is 41.5 Å². The van der Waals surface area contributed by atoms with Gasteiger partial charge in [-0.3, -0.25) is 0 Å². The highest BCUT2D eigenvalue weighted by Crippen LogP contribution is 2.49. The molecule has 0 amide bonds. The molecule has 5 heteroatoms. The van der Waals surface area contributed by atoms with Crippen LogP contribution in [0.3, 0.4) is 0 Å². The summed E-state index contributed by atoms with van der Waals surface area (Å²) in [6, 6.07) is 18.5.